The standard InChI is InChI=1S/C38H28S/c1-39(2)36-25-24-35(28-17-7-8-18-29(28)36)38-33-22-12-10-20-31(33)37(32-21-11-13-23-34(32)38)30-19-9-6-16-27(30)26-14-4-3-5-15-26/h3-25H,1H2,2H3. The summed E-state index contributed by atoms with van der Waals surface area (Å²) in [6, 6.07) is 50.8. The molecule has 1 atom stereocenters. The van der Waals surface area contributed by atoms with Crippen LogP contribution in [0.2, 0.25) is 0 Å². The Hall–Kier alpha value is -4.46. The second kappa shape index (κ2) is 9.69. The molecule has 0 aliphatic rings. The van der Waals surface area contributed by atoms with Gasteiger partial charge in [0.15, 0.2) is 0 Å². The van der Waals surface area contributed by atoms with Gasteiger partial charge in [0, 0.05) is 4.90 Å². The van der Waals surface area contributed by atoms with Gasteiger partial charge in [-0.05, 0) is 78.0 Å². The normalized spacial score (nSPS) is 12.2. The molecule has 7 aromatic carbocycles. The smallest absolute Gasteiger partial charge is 0.00878 e. The van der Waals surface area contributed by atoms with Crippen LogP contribution >= 0.6 is 10.5 Å². The van der Waals surface area contributed by atoms with Crippen molar-refractivity contribution < 1.29 is 0 Å². The molecular weight excluding hydrogens is 488 g/mol. The molecule has 0 nitrogen and oxygen atoms in total. The fourth-order valence-corrected chi connectivity index (χ4v) is 6.93. The summed E-state index contributed by atoms with van der Waals surface area (Å²) >= 11 is 0. The highest BCUT2D eigenvalue weighted by Crippen LogP contribution is 2.47. The maximum absolute atomic E-state index is 4.37. The summed E-state index contributed by atoms with van der Waals surface area (Å²) in [5, 5.41) is 7.67. The Morgan fingerprint density at radius 2 is 0.821 bits per heavy atom. The van der Waals surface area contributed by atoms with Crippen molar-refractivity contribution in [3.8, 4) is 33.4 Å². The van der Waals surface area contributed by atoms with E-state index in [2.05, 4.69) is 152 Å². The van der Waals surface area contributed by atoms with Gasteiger partial charge in [-0.2, -0.15) is 10.5 Å². The maximum atomic E-state index is 4.37. The van der Waals surface area contributed by atoms with Crippen molar-refractivity contribution in [1.29, 1.82) is 0 Å². The van der Waals surface area contributed by atoms with Crippen LogP contribution in [0.15, 0.2) is 144 Å². The van der Waals surface area contributed by atoms with Crippen molar-refractivity contribution in [2.45, 2.75) is 4.90 Å². The summed E-state index contributed by atoms with van der Waals surface area (Å²) in [7, 11) is -0.0720. The minimum absolute atomic E-state index is 0.0720. The summed E-state index contributed by atoms with van der Waals surface area (Å²) in [5.74, 6) is 4.37. The molecule has 0 N–H and O–H groups in total. The topological polar surface area (TPSA) is 0 Å². The average molecular weight is 517 g/mol. The minimum atomic E-state index is -0.0720. The molecule has 186 valence electrons. The molecule has 0 spiro atoms. The monoisotopic (exact) mass is 516 g/mol. The van der Waals surface area contributed by atoms with E-state index in [0.717, 1.165) is 0 Å². The largest absolute Gasteiger partial charge is 0.165 e. The van der Waals surface area contributed by atoms with Gasteiger partial charge in [-0.25, -0.2) is 0 Å². The zero-order chi connectivity index (χ0) is 26.3. The molecule has 1 heteroatoms. The summed E-state index contributed by atoms with van der Waals surface area (Å²) in [4.78, 5) is 1.32. The number of rotatable bonds is 4. The fraction of sp³-hybridized carbons (Fsp3) is 0.0263. The lowest BCUT2D eigenvalue weighted by Crippen LogP contribution is -1.93. The zero-order valence-corrected chi connectivity index (χ0v) is 22.7. The number of fused-ring (bicyclic) bond motifs is 3. The van der Waals surface area contributed by atoms with Crippen LogP contribution in [0.25, 0.3) is 65.7 Å². The molecule has 0 aliphatic heterocycles. The van der Waals surface area contributed by atoms with E-state index in [1.54, 1.807) is 0 Å². The third-order valence-corrected chi connectivity index (χ3v) is 8.85. The molecular formula is C38H28S. The Morgan fingerprint density at radius 3 is 1.38 bits per heavy atom. The summed E-state index contributed by atoms with van der Waals surface area (Å²) in [6.45, 7) is 0. The molecule has 0 fully saturated rings. The van der Waals surface area contributed by atoms with Crippen LogP contribution in [0.3, 0.4) is 0 Å². The maximum Gasteiger partial charge on any atom is 0.00878 e. The SMILES string of the molecule is C=S(C)c1ccc(-c2c3ccccc3c(-c3ccccc3-c3ccccc3)c3ccccc23)c2ccccc12. The number of hydrogen-bond acceptors (Lipinski definition) is 0. The zero-order valence-electron chi connectivity index (χ0n) is 21.9. The van der Waals surface area contributed by atoms with Crippen LogP contribution < -0.4 is 0 Å². The summed E-state index contributed by atoms with van der Waals surface area (Å²) in [6.07, 6.45) is 2.20. The van der Waals surface area contributed by atoms with Gasteiger partial charge in [0.2, 0.25) is 0 Å². The van der Waals surface area contributed by atoms with Crippen LogP contribution in [-0.2, 0) is 0 Å². The first-order valence-corrected chi connectivity index (χ1v) is 15.1. The van der Waals surface area contributed by atoms with Crippen molar-refractivity contribution >= 4 is 48.7 Å². The predicted molar refractivity (Wildman–Crippen MR) is 174 cm³/mol. The van der Waals surface area contributed by atoms with E-state index in [9.17, 15) is 0 Å². The Morgan fingerprint density at radius 1 is 0.385 bits per heavy atom. The van der Waals surface area contributed by atoms with E-state index in [1.807, 2.05) is 0 Å². The Kier molecular flexibility index (Phi) is 5.87. The highest BCUT2D eigenvalue weighted by atomic mass is 32.2. The highest BCUT2D eigenvalue weighted by molar-refractivity contribution is 8.13. The first-order valence-electron chi connectivity index (χ1n) is 13.3. The molecule has 0 amide bonds. The van der Waals surface area contributed by atoms with E-state index in [-0.39, 0.29) is 10.5 Å². The summed E-state index contributed by atoms with van der Waals surface area (Å²) < 4.78 is 0. The molecule has 0 heterocycles. The van der Waals surface area contributed by atoms with Crippen LogP contribution in [0.4, 0.5) is 0 Å². The minimum Gasteiger partial charge on any atom is -0.165 e. The fourth-order valence-electron chi connectivity index (χ4n) is 6.07. The third-order valence-electron chi connectivity index (χ3n) is 7.74. The number of benzene rings is 7. The lowest BCUT2D eigenvalue weighted by molar-refractivity contribution is 1.54. The molecule has 1 unspecified atom stereocenters. The first kappa shape index (κ1) is 23.6. The number of hydrogen-bond donors (Lipinski definition) is 0. The molecule has 0 saturated carbocycles. The van der Waals surface area contributed by atoms with E-state index >= 15 is 0 Å². The van der Waals surface area contributed by atoms with Crippen LogP contribution in [0.5, 0.6) is 0 Å². The van der Waals surface area contributed by atoms with E-state index in [4.69, 9.17) is 0 Å². The van der Waals surface area contributed by atoms with Crippen LogP contribution in [-0.4, -0.2) is 12.1 Å². The summed E-state index contributed by atoms with van der Waals surface area (Å²) in [5.41, 5.74) is 7.60. The second-order valence-electron chi connectivity index (χ2n) is 10.0. The van der Waals surface area contributed by atoms with Crippen molar-refractivity contribution in [2.24, 2.45) is 0 Å². The van der Waals surface area contributed by atoms with Crippen molar-refractivity contribution in [2.75, 3.05) is 6.26 Å². The molecule has 0 saturated heterocycles. The van der Waals surface area contributed by atoms with Gasteiger partial charge in [-0.3, -0.25) is 0 Å². The van der Waals surface area contributed by atoms with Crippen molar-refractivity contribution in [1.82, 2.24) is 0 Å². The Bertz CT molecular complexity index is 1980. The molecule has 0 aliphatic carbocycles. The quantitative estimate of drug-likeness (QED) is 0.161. The van der Waals surface area contributed by atoms with E-state index in [1.165, 1.54) is 70.6 Å². The molecule has 7 aromatic rings. The lowest BCUT2D eigenvalue weighted by Gasteiger charge is -2.21. The van der Waals surface area contributed by atoms with Gasteiger partial charge in [0.25, 0.3) is 0 Å². The second-order valence-corrected chi connectivity index (χ2v) is 11.8. The first-order chi connectivity index (χ1) is 19.2. The Labute approximate surface area is 232 Å². The molecule has 0 aromatic heterocycles. The van der Waals surface area contributed by atoms with Gasteiger partial charge in [-0.15, -0.1) is 0 Å². The highest BCUT2D eigenvalue weighted by Gasteiger charge is 2.20. The van der Waals surface area contributed by atoms with Gasteiger partial charge in [0.1, 0.15) is 0 Å². The third kappa shape index (κ3) is 3.90. The van der Waals surface area contributed by atoms with Gasteiger partial charge >= 0.3 is 0 Å². The molecule has 0 bridgehead atoms. The van der Waals surface area contributed by atoms with Crippen LogP contribution in [0, 0.1) is 0 Å². The van der Waals surface area contributed by atoms with E-state index < -0.39 is 0 Å². The van der Waals surface area contributed by atoms with E-state index in [0.29, 0.717) is 0 Å². The van der Waals surface area contributed by atoms with Crippen molar-refractivity contribution in [3.63, 3.8) is 0 Å². The average Bonchev–Trinajstić information content (AvgIpc) is 3.00. The van der Waals surface area contributed by atoms with Gasteiger partial charge in [0.05, 0.1) is 0 Å². The van der Waals surface area contributed by atoms with Crippen molar-refractivity contribution in [3.05, 3.63) is 140 Å². The van der Waals surface area contributed by atoms with Crippen LogP contribution in [0.1, 0.15) is 0 Å². The van der Waals surface area contributed by atoms with Gasteiger partial charge in [-0.1, -0.05) is 139 Å². The molecule has 7 rings (SSSR count). The van der Waals surface area contributed by atoms with Gasteiger partial charge < -0.3 is 0 Å². The Balaban J connectivity index is 1.64. The molecule has 0 radical (unpaired) electrons. The predicted octanol–water partition coefficient (Wildman–Crippen LogP) is 10.8. The molecule has 39 heavy (non-hydrogen) atoms. The lowest BCUT2D eigenvalue weighted by atomic mass is 9.83.